The van der Waals surface area contributed by atoms with E-state index in [9.17, 15) is 4.79 Å². The molecule has 148 valence electrons. The summed E-state index contributed by atoms with van der Waals surface area (Å²) >= 11 is 0. The Morgan fingerprint density at radius 2 is 1.59 bits per heavy atom. The van der Waals surface area contributed by atoms with Gasteiger partial charge in [-0.2, -0.15) is 0 Å². The van der Waals surface area contributed by atoms with Crippen molar-refractivity contribution < 1.29 is 0 Å². The lowest BCUT2D eigenvalue weighted by atomic mass is 9.98. The molecule has 3 aromatic rings. The van der Waals surface area contributed by atoms with E-state index in [0.717, 1.165) is 11.3 Å². The van der Waals surface area contributed by atoms with Crippen LogP contribution in [0, 0.1) is 12.0 Å². The summed E-state index contributed by atoms with van der Waals surface area (Å²) in [5.41, 5.74) is 1.41. The van der Waals surface area contributed by atoms with Crippen molar-refractivity contribution in [1.29, 1.82) is 0 Å². The Balaban J connectivity index is 1.71. The number of likely N-dealkylation sites (tertiary alicyclic amines) is 1. The third-order valence-electron chi connectivity index (χ3n) is 5.65. The first kappa shape index (κ1) is 19.2. The van der Waals surface area contributed by atoms with Crippen molar-refractivity contribution in [3.8, 4) is 29.0 Å². The SMILES string of the molecule is CC1CCCC(C)N1CC#Cn1nc(-c2ccccc2)n(-c2ccccc2)c1=O. The van der Waals surface area contributed by atoms with E-state index in [-0.39, 0.29) is 5.69 Å². The summed E-state index contributed by atoms with van der Waals surface area (Å²) in [4.78, 5) is 15.5. The van der Waals surface area contributed by atoms with Gasteiger partial charge >= 0.3 is 5.69 Å². The number of para-hydroxylation sites is 1. The van der Waals surface area contributed by atoms with E-state index in [2.05, 4.69) is 35.8 Å². The van der Waals surface area contributed by atoms with Gasteiger partial charge in [0.05, 0.1) is 12.2 Å². The standard InChI is InChI=1S/C24H26N4O/c1-19-11-9-12-20(2)26(19)17-10-18-27-24(29)28(22-15-7-4-8-16-22)23(25-27)21-13-5-3-6-14-21/h3-8,13-16,19-20H,9,11-12,17H2,1-2H3. The summed E-state index contributed by atoms with van der Waals surface area (Å²) in [5.74, 6) is 3.77. The Morgan fingerprint density at radius 3 is 2.24 bits per heavy atom. The molecule has 1 aliphatic heterocycles. The molecule has 1 aromatic heterocycles. The first-order valence-electron chi connectivity index (χ1n) is 10.2. The minimum atomic E-state index is -0.248. The van der Waals surface area contributed by atoms with Gasteiger partial charge in [0.15, 0.2) is 5.82 Å². The molecule has 2 heterocycles. The van der Waals surface area contributed by atoms with Crippen LogP contribution in [-0.2, 0) is 0 Å². The molecular formula is C24H26N4O. The minimum absolute atomic E-state index is 0.248. The van der Waals surface area contributed by atoms with Crippen LogP contribution in [-0.4, -0.2) is 37.9 Å². The summed E-state index contributed by atoms with van der Waals surface area (Å²) < 4.78 is 2.89. The zero-order valence-corrected chi connectivity index (χ0v) is 17.0. The summed E-state index contributed by atoms with van der Waals surface area (Å²) in [7, 11) is 0. The van der Waals surface area contributed by atoms with Gasteiger partial charge < -0.3 is 0 Å². The zero-order valence-electron chi connectivity index (χ0n) is 17.0. The third kappa shape index (κ3) is 4.03. The van der Waals surface area contributed by atoms with Crippen molar-refractivity contribution in [3.63, 3.8) is 0 Å². The van der Waals surface area contributed by atoms with E-state index in [1.165, 1.54) is 23.9 Å². The topological polar surface area (TPSA) is 43.1 Å². The highest BCUT2D eigenvalue weighted by Crippen LogP contribution is 2.21. The van der Waals surface area contributed by atoms with Crippen LogP contribution < -0.4 is 5.69 Å². The van der Waals surface area contributed by atoms with Crippen molar-refractivity contribution in [1.82, 2.24) is 19.2 Å². The lowest BCUT2D eigenvalue weighted by molar-refractivity contribution is 0.121. The maximum atomic E-state index is 13.1. The molecule has 0 saturated carbocycles. The number of aromatic nitrogens is 3. The van der Waals surface area contributed by atoms with Crippen molar-refractivity contribution in [3.05, 3.63) is 71.1 Å². The van der Waals surface area contributed by atoms with Gasteiger partial charge in [0.25, 0.3) is 0 Å². The molecule has 5 heteroatoms. The number of benzene rings is 2. The summed E-state index contributed by atoms with van der Waals surface area (Å²) in [6.07, 6.45) is 3.67. The molecule has 0 radical (unpaired) electrons. The molecule has 1 aliphatic rings. The summed E-state index contributed by atoms with van der Waals surface area (Å²) in [6.45, 7) is 5.15. The first-order valence-corrected chi connectivity index (χ1v) is 10.2. The maximum Gasteiger partial charge on any atom is 0.363 e. The lowest BCUT2D eigenvalue weighted by Gasteiger charge is -2.37. The Hall–Kier alpha value is -3.10. The van der Waals surface area contributed by atoms with E-state index in [4.69, 9.17) is 0 Å². The molecule has 0 N–H and O–H groups in total. The number of rotatable bonds is 3. The maximum absolute atomic E-state index is 13.1. The van der Waals surface area contributed by atoms with E-state index in [1.807, 2.05) is 60.7 Å². The van der Waals surface area contributed by atoms with Crippen LogP contribution in [0.4, 0.5) is 0 Å². The zero-order chi connectivity index (χ0) is 20.2. The third-order valence-corrected chi connectivity index (χ3v) is 5.65. The van der Waals surface area contributed by atoms with E-state index >= 15 is 0 Å². The van der Waals surface area contributed by atoms with Crippen LogP contribution in [0.1, 0.15) is 33.1 Å². The van der Waals surface area contributed by atoms with Crippen molar-refractivity contribution in [2.45, 2.75) is 45.2 Å². The normalized spacial score (nSPS) is 19.5. The van der Waals surface area contributed by atoms with Gasteiger partial charge in [-0.3, -0.25) is 4.90 Å². The van der Waals surface area contributed by atoms with Crippen molar-refractivity contribution in [2.75, 3.05) is 6.54 Å². The number of hydrogen-bond acceptors (Lipinski definition) is 3. The molecule has 4 rings (SSSR count). The number of hydrogen-bond donors (Lipinski definition) is 0. The van der Waals surface area contributed by atoms with Crippen LogP contribution in [0.3, 0.4) is 0 Å². The van der Waals surface area contributed by atoms with Gasteiger partial charge in [-0.15, -0.1) is 9.78 Å². The fourth-order valence-electron chi connectivity index (χ4n) is 4.01. The highest BCUT2D eigenvalue weighted by molar-refractivity contribution is 5.58. The Bertz CT molecular complexity index is 1060. The molecule has 0 amide bonds. The molecule has 5 nitrogen and oxygen atoms in total. The average molecular weight is 386 g/mol. The van der Waals surface area contributed by atoms with Gasteiger partial charge in [0.1, 0.15) is 0 Å². The fourth-order valence-corrected chi connectivity index (χ4v) is 4.01. The second-order valence-corrected chi connectivity index (χ2v) is 7.64. The molecule has 0 bridgehead atoms. The lowest BCUT2D eigenvalue weighted by Crippen LogP contribution is -2.43. The molecule has 2 unspecified atom stereocenters. The number of nitrogens with zero attached hydrogens (tertiary/aromatic N) is 4. The summed E-state index contributed by atoms with van der Waals surface area (Å²) in [5, 5.41) is 4.55. The highest BCUT2D eigenvalue weighted by Gasteiger charge is 2.23. The van der Waals surface area contributed by atoms with Crippen LogP contribution in [0.2, 0.25) is 0 Å². The van der Waals surface area contributed by atoms with Crippen molar-refractivity contribution >= 4 is 0 Å². The fraction of sp³-hybridized carbons (Fsp3) is 0.333. The van der Waals surface area contributed by atoms with Gasteiger partial charge in [-0.25, -0.2) is 9.36 Å². The highest BCUT2D eigenvalue weighted by atomic mass is 16.2. The molecule has 1 saturated heterocycles. The Morgan fingerprint density at radius 1 is 0.966 bits per heavy atom. The predicted molar refractivity (Wildman–Crippen MR) is 116 cm³/mol. The molecule has 29 heavy (non-hydrogen) atoms. The quantitative estimate of drug-likeness (QED) is 0.644. The van der Waals surface area contributed by atoms with Crippen LogP contribution >= 0.6 is 0 Å². The van der Waals surface area contributed by atoms with Crippen LogP contribution in [0.25, 0.3) is 17.1 Å². The van der Waals surface area contributed by atoms with Gasteiger partial charge in [0, 0.05) is 23.7 Å². The van der Waals surface area contributed by atoms with Crippen LogP contribution in [0.15, 0.2) is 65.5 Å². The average Bonchev–Trinajstić information content (AvgIpc) is 3.08. The molecule has 2 atom stereocenters. The van der Waals surface area contributed by atoms with Gasteiger partial charge in [-0.05, 0) is 38.8 Å². The molecule has 2 aromatic carbocycles. The van der Waals surface area contributed by atoms with Gasteiger partial charge in [0.2, 0.25) is 0 Å². The second-order valence-electron chi connectivity index (χ2n) is 7.64. The minimum Gasteiger partial charge on any atom is -0.287 e. The Labute approximate surface area is 171 Å². The van der Waals surface area contributed by atoms with Crippen molar-refractivity contribution in [2.24, 2.45) is 0 Å². The molecule has 1 fully saturated rings. The second kappa shape index (κ2) is 8.50. The number of piperidine rings is 1. The smallest absolute Gasteiger partial charge is 0.287 e. The molecule has 0 aliphatic carbocycles. The molecular weight excluding hydrogens is 360 g/mol. The monoisotopic (exact) mass is 386 g/mol. The largest absolute Gasteiger partial charge is 0.363 e. The first-order chi connectivity index (χ1) is 14.1. The van der Waals surface area contributed by atoms with E-state index < -0.39 is 0 Å². The molecule has 0 spiro atoms. The van der Waals surface area contributed by atoms with Crippen LogP contribution in [0.5, 0.6) is 0 Å². The van der Waals surface area contributed by atoms with E-state index in [1.54, 1.807) is 4.57 Å². The predicted octanol–water partition coefficient (Wildman–Crippen LogP) is 3.77. The van der Waals surface area contributed by atoms with Gasteiger partial charge in [-0.1, -0.05) is 60.9 Å². The van der Waals surface area contributed by atoms with E-state index in [0.29, 0.717) is 24.5 Å². The Kier molecular flexibility index (Phi) is 5.64. The summed E-state index contributed by atoms with van der Waals surface area (Å²) in [6, 6.07) is 23.3.